The lowest BCUT2D eigenvalue weighted by molar-refractivity contribution is -0.143. The first kappa shape index (κ1) is 12.2. The van der Waals surface area contributed by atoms with Crippen LogP contribution in [-0.2, 0) is 4.79 Å². The summed E-state index contributed by atoms with van der Waals surface area (Å²) in [7, 11) is 0. The second kappa shape index (κ2) is 4.30. The standard InChI is InChI=1S/C9H13N3O4/c1-4-9(3,8(14)15)11-7(13)6-10-5(2)16-12-6/h4H2,1-3H3,(H,11,13)(H,14,15). The second-order valence-electron chi connectivity index (χ2n) is 3.58. The van der Waals surface area contributed by atoms with Gasteiger partial charge in [0.05, 0.1) is 0 Å². The number of hydrogen-bond acceptors (Lipinski definition) is 5. The molecule has 1 aromatic heterocycles. The van der Waals surface area contributed by atoms with Crippen LogP contribution in [0.3, 0.4) is 0 Å². The Morgan fingerprint density at radius 3 is 2.56 bits per heavy atom. The molecule has 16 heavy (non-hydrogen) atoms. The van der Waals surface area contributed by atoms with E-state index in [1.54, 1.807) is 13.8 Å². The minimum Gasteiger partial charge on any atom is -0.480 e. The van der Waals surface area contributed by atoms with Gasteiger partial charge in [-0.15, -0.1) is 0 Å². The largest absolute Gasteiger partial charge is 0.480 e. The van der Waals surface area contributed by atoms with Crippen LogP contribution in [0.5, 0.6) is 0 Å². The molecule has 7 nitrogen and oxygen atoms in total. The Labute approximate surface area is 91.8 Å². The lowest BCUT2D eigenvalue weighted by Gasteiger charge is -2.23. The zero-order valence-corrected chi connectivity index (χ0v) is 9.27. The molecule has 0 spiro atoms. The lowest BCUT2D eigenvalue weighted by atomic mass is 9.99. The van der Waals surface area contributed by atoms with Gasteiger partial charge in [-0.25, -0.2) is 4.79 Å². The monoisotopic (exact) mass is 227 g/mol. The molecule has 1 unspecified atom stereocenters. The van der Waals surface area contributed by atoms with Crippen molar-refractivity contribution in [1.82, 2.24) is 15.5 Å². The number of aryl methyl sites for hydroxylation is 1. The number of amides is 1. The predicted octanol–water partition coefficient (Wildman–Crippen LogP) is 0.361. The number of aromatic nitrogens is 2. The third-order valence-corrected chi connectivity index (χ3v) is 2.30. The van der Waals surface area contributed by atoms with E-state index in [9.17, 15) is 9.59 Å². The van der Waals surface area contributed by atoms with Crippen LogP contribution >= 0.6 is 0 Å². The lowest BCUT2D eigenvalue weighted by Crippen LogP contribution is -2.51. The zero-order valence-electron chi connectivity index (χ0n) is 9.27. The summed E-state index contributed by atoms with van der Waals surface area (Å²) in [5.74, 6) is -1.69. The van der Waals surface area contributed by atoms with E-state index in [1.165, 1.54) is 6.92 Å². The van der Waals surface area contributed by atoms with Crippen LogP contribution in [-0.4, -0.2) is 32.7 Å². The fourth-order valence-electron chi connectivity index (χ4n) is 0.991. The van der Waals surface area contributed by atoms with Gasteiger partial charge in [0.2, 0.25) is 5.89 Å². The van der Waals surface area contributed by atoms with E-state index in [0.717, 1.165) is 0 Å². The number of carboxylic acids is 1. The molecule has 0 saturated carbocycles. The van der Waals surface area contributed by atoms with Crippen molar-refractivity contribution in [3.8, 4) is 0 Å². The van der Waals surface area contributed by atoms with Crippen LogP contribution < -0.4 is 5.32 Å². The number of carbonyl (C=O) groups is 2. The average molecular weight is 227 g/mol. The minimum atomic E-state index is -1.33. The van der Waals surface area contributed by atoms with E-state index in [1.807, 2.05) is 0 Å². The quantitative estimate of drug-likeness (QED) is 0.769. The number of carbonyl (C=O) groups excluding carboxylic acids is 1. The maximum Gasteiger partial charge on any atom is 0.329 e. The van der Waals surface area contributed by atoms with Crippen molar-refractivity contribution in [2.75, 3.05) is 0 Å². The summed E-state index contributed by atoms with van der Waals surface area (Å²) in [6.07, 6.45) is 0.255. The van der Waals surface area contributed by atoms with Crippen molar-refractivity contribution in [1.29, 1.82) is 0 Å². The molecule has 7 heteroatoms. The molecular formula is C9H13N3O4. The van der Waals surface area contributed by atoms with Gasteiger partial charge in [-0.1, -0.05) is 12.1 Å². The van der Waals surface area contributed by atoms with Crippen LogP contribution in [0.4, 0.5) is 0 Å². The van der Waals surface area contributed by atoms with Crippen molar-refractivity contribution in [2.45, 2.75) is 32.7 Å². The number of nitrogens with one attached hydrogen (secondary N) is 1. The highest BCUT2D eigenvalue weighted by molar-refractivity contribution is 5.94. The first-order valence-corrected chi connectivity index (χ1v) is 4.75. The fraction of sp³-hybridized carbons (Fsp3) is 0.556. The van der Waals surface area contributed by atoms with Crippen molar-refractivity contribution in [2.24, 2.45) is 0 Å². The number of aliphatic carboxylic acids is 1. The van der Waals surface area contributed by atoms with Crippen molar-refractivity contribution in [3.63, 3.8) is 0 Å². The summed E-state index contributed by atoms with van der Waals surface area (Å²) in [5, 5.41) is 14.7. The van der Waals surface area contributed by atoms with E-state index in [4.69, 9.17) is 5.11 Å². The molecule has 1 rings (SSSR count). The molecule has 1 amide bonds. The van der Waals surface area contributed by atoms with E-state index in [2.05, 4.69) is 20.0 Å². The summed E-state index contributed by atoms with van der Waals surface area (Å²) < 4.78 is 4.62. The highest BCUT2D eigenvalue weighted by Gasteiger charge is 2.34. The van der Waals surface area contributed by atoms with Crippen LogP contribution in [0, 0.1) is 6.92 Å². The summed E-state index contributed by atoms with van der Waals surface area (Å²) >= 11 is 0. The molecule has 1 aromatic rings. The summed E-state index contributed by atoms with van der Waals surface area (Å²) in [5.41, 5.74) is -1.33. The van der Waals surface area contributed by atoms with Gasteiger partial charge in [-0.2, -0.15) is 4.98 Å². The van der Waals surface area contributed by atoms with Crippen molar-refractivity contribution in [3.05, 3.63) is 11.7 Å². The predicted molar refractivity (Wildman–Crippen MR) is 52.8 cm³/mol. The van der Waals surface area contributed by atoms with Crippen LogP contribution in [0.1, 0.15) is 36.8 Å². The molecule has 0 fully saturated rings. The average Bonchev–Trinajstić information content (AvgIpc) is 2.64. The van der Waals surface area contributed by atoms with Gasteiger partial charge >= 0.3 is 5.97 Å². The molecule has 0 radical (unpaired) electrons. The highest BCUT2D eigenvalue weighted by Crippen LogP contribution is 2.10. The third-order valence-electron chi connectivity index (χ3n) is 2.30. The fourth-order valence-corrected chi connectivity index (χ4v) is 0.991. The second-order valence-corrected chi connectivity index (χ2v) is 3.58. The van der Waals surface area contributed by atoms with Gasteiger partial charge in [0.25, 0.3) is 11.7 Å². The Hall–Kier alpha value is -1.92. The molecule has 88 valence electrons. The molecule has 0 aliphatic rings. The molecule has 0 aliphatic heterocycles. The molecular weight excluding hydrogens is 214 g/mol. The van der Waals surface area contributed by atoms with Crippen LogP contribution in [0.15, 0.2) is 4.52 Å². The molecule has 2 N–H and O–H groups in total. The smallest absolute Gasteiger partial charge is 0.329 e. The molecule has 0 saturated heterocycles. The Bertz CT molecular complexity index is 415. The summed E-state index contributed by atoms with van der Waals surface area (Å²) in [6.45, 7) is 4.62. The minimum absolute atomic E-state index is 0.168. The van der Waals surface area contributed by atoms with Gasteiger partial charge in [-0.3, -0.25) is 4.79 Å². The number of carboxylic acid groups (broad SMARTS) is 1. The summed E-state index contributed by atoms with van der Waals surface area (Å²) in [6, 6.07) is 0. The third kappa shape index (κ3) is 2.36. The van der Waals surface area contributed by atoms with Gasteiger partial charge in [0, 0.05) is 6.92 Å². The molecule has 0 aromatic carbocycles. The molecule has 0 aliphatic carbocycles. The van der Waals surface area contributed by atoms with Gasteiger partial charge < -0.3 is 14.9 Å². The van der Waals surface area contributed by atoms with E-state index < -0.39 is 17.4 Å². The normalized spacial score (nSPS) is 14.2. The molecule has 1 heterocycles. The van der Waals surface area contributed by atoms with E-state index in [-0.39, 0.29) is 18.1 Å². The van der Waals surface area contributed by atoms with Crippen molar-refractivity contribution >= 4 is 11.9 Å². The Morgan fingerprint density at radius 2 is 2.19 bits per heavy atom. The van der Waals surface area contributed by atoms with Gasteiger partial charge in [0.15, 0.2) is 0 Å². The number of rotatable bonds is 4. The molecule has 1 atom stereocenters. The molecule has 0 bridgehead atoms. The first-order valence-electron chi connectivity index (χ1n) is 4.75. The first-order chi connectivity index (χ1) is 7.39. The van der Waals surface area contributed by atoms with Gasteiger partial charge in [-0.05, 0) is 13.3 Å². The van der Waals surface area contributed by atoms with E-state index >= 15 is 0 Å². The summed E-state index contributed by atoms with van der Waals surface area (Å²) in [4.78, 5) is 26.2. The van der Waals surface area contributed by atoms with Crippen molar-refractivity contribution < 1.29 is 19.2 Å². The van der Waals surface area contributed by atoms with Crippen LogP contribution in [0.2, 0.25) is 0 Å². The maximum absolute atomic E-state index is 11.6. The maximum atomic E-state index is 11.6. The number of hydrogen-bond donors (Lipinski definition) is 2. The Morgan fingerprint density at radius 1 is 1.56 bits per heavy atom. The SMILES string of the molecule is CCC(C)(NC(=O)c1noc(C)n1)C(=O)O. The number of nitrogens with zero attached hydrogens (tertiary/aromatic N) is 2. The topological polar surface area (TPSA) is 105 Å². The van der Waals surface area contributed by atoms with E-state index in [0.29, 0.717) is 0 Å². The Balaban J connectivity index is 2.81. The highest BCUT2D eigenvalue weighted by atomic mass is 16.5. The van der Waals surface area contributed by atoms with Gasteiger partial charge in [0.1, 0.15) is 5.54 Å². The Kier molecular flexibility index (Phi) is 3.26. The zero-order chi connectivity index (χ0) is 12.3. The van der Waals surface area contributed by atoms with Crippen LogP contribution in [0.25, 0.3) is 0 Å².